The molecule has 1 saturated heterocycles. The lowest BCUT2D eigenvalue weighted by molar-refractivity contribution is -0.166. The van der Waals surface area contributed by atoms with E-state index in [1.165, 1.54) is 7.11 Å². The van der Waals surface area contributed by atoms with Crippen LogP contribution in [-0.2, 0) is 9.47 Å². The Labute approximate surface area is 75.3 Å². The average molecular weight is 194 g/mol. The van der Waals surface area contributed by atoms with E-state index in [1.807, 2.05) is 0 Å². The number of methoxy groups -OCH3 is 1. The first-order valence-electron chi connectivity index (χ1n) is 3.95. The van der Waals surface area contributed by atoms with Crippen LogP contribution in [0.1, 0.15) is 0 Å². The molecule has 4 N–H and O–H groups in total. The first kappa shape index (κ1) is 10.8. The van der Waals surface area contributed by atoms with Gasteiger partial charge in [0.2, 0.25) is 0 Å². The Balaban J connectivity index is 2.60. The van der Waals surface area contributed by atoms with Crippen molar-refractivity contribution < 1.29 is 29.9 Å². The van der Waals surface area contributed by atoms with Crippen LogP contribution >= 0.6 is 0 Å². The minimum absolute atomic E-state index is 0.537. The molecule has 1 heterocycles. The van der Waals surface area contributed by atoms with Gasteiger partial charge >= 0.3 is 0 Å². The molecule has 0 bridgehead atoms. The van der Waals surface area contributed by atoms with Crippen LogP contribution in [0.4, 0.5) is 0 Å². The summed E-state index contributed by atoms with van der Waals surface area (Å²) in [7, 11) is 1.31. The summed E-state index contributed by atoms with van der Waals surface area (Å²) in [6.45, 7) is -0.537. The van der Waals surface area contributed by atoms with Gasteiger partial charge < -0.3 is 29.9 Å². The van der Waals surface area contributed by atoms with Crippen molar-refractivity contribution in [3.05, 3.63) is 0 Å². The second-order valence-electron chi connectivity index (χ2n) is 2.94. The van der Waals surface area contributed by atoms with E-state index in [-0.39, 0.29) is 0 Å². The summed E-state index contributed by atoms with van der Waals surface area (Å²) in [4.78, 5) is 0. The number of hydrogen-bond acceptors (Lipinski definition) is 6. The summed E-state index contributed by atoms with van der Waals surface area (Å²) in [6, 6.07) is 0. The lowest BCUT2D eigenvalue weighted by atomic mass is 10.1. The lowest BCUT2D eigenvalue weighted by Gasteiger charge is -2.18. The Hall–Kier alpha value is -0.240. The number of rotatable bonds is 3. The summed E-state index contributed by atoms with van der Waals surface area (Å²) in [5, 5.41) is 36.4. The van der Waals surface area contributed by atoms with Crippen molar-refractivity contribution in [1.82, 2.24) is 0 Å². The molecule has 1 aliphatic rings. The van der Waals surface area contributed by atoms with Crippen molar-refractivity contribution in [2.75, 3.05) is 13.7 Å². The van der Waals surface area contributed by atoms with E-state index in [1.54, 1.807) is 0 Å². The fourth-order valence-electron chi connectivity index (χ4n) is 1.29. The van der Waals surface area contributed by atoms with Crippen molar-refractivity contribution in [3.8, 4) is 0 Å². The molecule has 13 heavy (non-hydrogen) atoms. The van der Waals surface area contributed by atoms with E-state index < -0.39 is 37.3 Å². The first-order chi connectivity index (χ1) is 6.11. The molecule has 1 fully saturated rings. The van der Waals surface area contributed by atoms with Gasteiger partial charge in [-0.05, 0) is 0 Å². The molecule has 0 unspecified atom stereocenters. The monoisotopic (exact) mass is 194 g/mol. The van der Waals surface area contributed by atoms with Gasteiger partial charge in [0.05, 0.1) is 6.61 Å². The van der Waals surface area contributed by atoms with E-state index >= 15 is 0 Å². The molecular formula is C7H14O6. The van der Waals surface area contributed by atoms with Gasteiger partial charge in [-0.2, -0.15) is 0 Å². The standard InChI is InChI=1S/C7H14O6/c1-12-7-5(11)4(10)6(13-7)3(9)2-8/h3-11H,2H2,1H3/t3-,4+,5+,6+,7+/m0/s1. The third kappa shape index (κ3) is 1.98. The highest BCUT2D eigenvalue weighted by Gasteiger charge is 2.45. The molecule has 78 valence electrons. The van der Waals surface area contributed by atoms with E-state index in [0.717, 1.165) is 0 Å². The maximum atomic E-state index is 9.33. The predicted molar refractivity (Wildman–Crippen MR) is 40.8 cm³/mol. The molecular weight excluding hydrogens is 180 g/mol. The van der Waals surface area contributed by atoms with E-state index in [2.05, 4.69) is 0 Å². The first-order valence-corrected chi connectivity index (χ1v) is 3.95. The van der Waals surface area contributed by atoms with Gasteiger partial charge in [-0.25, -0.2) is 0 Å². The molecule has 0 amide bonds. The van der Waals surface area contributed by atoms with Gasteiger partial charge in [-0.3, -0.25) is 0 Å². The van der Waals surface area contributed by atoms with Crippen LogP contribution in [0.3, 0.4) is 0 Å². The molecule has 0 radical (unpaired) electrons. The zero-order valence-corrected chi connectivity index (χ0v) is 7.20. The Morgan fingerprint density at radius 3 is 2.38 bits per heavy atom. The van der Waals surface area contributed by atoms with Crippen molar-refractivity contribution in [3.63, 3.8) is 0 Å². The lowest BCUT2D eigenvalue weighted by Crippen LogP contribution is -2.40. The van der Waals surface area contributed by atoms with Crippen LogP contribution in [0.15, 0.2) is 0 Å². The Kier molecular flexibility index (Phi) is 3.60. The summed E-state index contributed by atoms with van der Waals surface area (Å²) in [6.07, 6.45) is -5.63. The van der Waals surface area contributed by atoms with Crippen LogP contribution in [0.2, 0.25) is 0 Å². The number of ether oxygens (including phenoxy) is 2. The Morgan fingerprint density at radius 2 is 2.00 bits per heavy atom. The van der Waals surface area contributed by atoms with Gasteiger partial charge in [-0.1, -0.05) is 0 Å². The molecule has 0 aromatic carbocycles. The van der Waals surface area contributed by atoms with Crippen molar-refractivity contribution in [2.45, 2.75) is 30.7 Å². The van der Waals surface area contributed by atoms with E-state index in [0.29, 0.717) is 0 Å². The van der Waals surface area contributed by atoms with Gasteiger partial charge in [-0.15, -0.1) is 0 Å². The maximum Gasteiger partial charge on any atom is 0.186 e. The molecule has 1 rings (SSSR count). The largest absolute Gasteiger partial charge is 0.394 e. The minimum Gasteiger partial charge on any atom is -0.394 e. The molecule has 1 aliphatic heterocycles. The third-order valence-corrected chi connectivity index (χ3v) is 2.06. The van der Waals surface area contributed by atoms with Crippen molar-refractivity contribution in [1.29, 1.82) is 0 Å². The Bertz CT molecular complexity index is 163. The van der Waals surface area contributed by atoms with Crippen LogP contribution in [0.25, 0.3) is 0 Å². The zero-order valence-electron chi connectivity index (χ0n) is 7.20. The number of hydrogen-bond donors (Lipinski definition) is 4. The number of aliphatic hydroxyl groups excluding tert-OH is 4. The van der Waals surface area contributed by atoms with Crippen LogP contribution in [-0.4, -0.2) is 64.8 Å². The maximum absolute atomic E-state index is 9.33. The van der Waals surface area contributed by atoms with E-state index in [4.69, 9.17) is 19.7 Å². The highest BCUT2D eigenvalue weighted by Crippen LogP contribution is 2.23. The summed E-state index contributed by atoms with van der Waals surface area (Å²) < 4.78 is 9.65. The fourth-order valence-corrected chi connectivity index (χ4v) is 1.29. The molecule has 0 saturated carbocycles. The normalized spacial score (nSPS) is 42.2. The quantitative estimate of drug-likeness (QED) is 0.394. The molecule has 0 aromatic rings. The van der Waals surface area contributed by atoms with Crippen LogP contribution < -0.4 is 0 Å². The molecule has 0 spiro atoms. The highest BCUT2D eigenvalue weighted by molar-refractivity contribution is 4.90. The van der Waals surface area contributed by atoms with Gasteiger partial charge in [0.25, 0.3) is 0 Å². The highest BCUT2D eigenvalue weighted by atomic mass is 16.7. The van der Waals surface area contributed by atoms with Crippen LogP contribution in [0, 0.1) is 0 Å². The summed E-state index contributed by atoms with van der Waals surface area (Å²) >= 11 is 0. The SMILES string of the molecule is CO[C@@H]1O[C@H]([C@@H](O)CO)[C@H](O)[C@H]1O. The molecule has 6 heteroatoms. The second kappa shape index (κ2) is 4.32. The zero-order chi connectivity index (χ0) is 10.0. The average Bonchev–Trinajstić information content (AvgIpc) is 2.43. The summed E-state index contributed by atoms with van der Waals surface area (Å²) in [5.74, 6) is 0. The fraction of sp³-hybridized carbons (Fsp3) is 1.00. The van der Waals surface area contributed by atoms with Gasteiger partial charge in [0, 0.05) is 7.11 Å². The molecule has 5 atom stereocenters. The molecule has 6 nitrogen and oxygen atoms in total. The van der Waals surface area contributed by atoms with Crippen LogP contribution in [0.5, 0.6) is 0 Å². The van der Waals surface area contributed by atoms with Gasteiger partial charge in [0.15, 0.2) is 6.29 Å². The minimum atomic E-state index is -1.24. The second-order valence-corrected chi connectivity index (χ2v) is 2.94. The predicted octanol–water partition coefficient (Wildman–Crippen LogP) is -2.57. The number of aliphatic hydroxyl groups is 4. The molecule has 0 aliphatic carbocycles. The topological polar surface area (TPSA) is 99.4 Å². The van der Waals surface area contributed by atoms with Crippen molar-refractivity contribution >= 4 is 0 Å². The van der Waals surface area contributed by atoms with Crippen molar-refractivity contribution in [2.24, 2.45) is 0 Å². The smallest absolute Gasteiger partial charge is 0.186 e. The molecule has 0 aromatic heterocycles. The van der Waals surface area contributed by atoms with E-state index in [9.17, 15) is 10.2 Å². The Morgan fingerprint density at radius 1 is 1.38 bits per heavy atom. The van der Waals surface area contributed by atoms with Gasteiger partial charge in [0.1, 0.15) is 24.4 Å². The summed E-state index contributed by atoms with van der Waals surface area (Å²) in [5.41, 5.74) is 0. The third-order valence-electron chi connectivity index (χ3n) is 2.06.